The summed E-state index contributed by atoms with van der Waals surface area (Å²) in [5, 5.41) is 13.7. The molecule has 1 fully saturated rings. The molecule has 1 aliphatic rings. The van der Waals surface area contributed by atoms with E-state index in [-0.39, 0.29) is 12.1 Å². The first-order valence-electron chi connectivity index (χ1n) is 8.10. The second kappa shape index (κ2) is 7.99. The summed E-state index contributed by atoms with van der Waals surface area (Å²) >= 11 is 6.15. The van der Waals surface area contributed by atoms with Gasteiger partial charge in [-0.2, -0.15) is 0 Å². The van der Waals surface area contributed by atoms with Gasteiger partial charge in [-0.1, -0.05) is 41.9 Å². The fourth-order valence-corrected chi connectivity index (χ4v) is 2.93. The lowest BCUT2D eigenvalue weighted by Crippen LogP contribution is -2.48. The molecular formula is C19H22ClNO3. The first-order chi connectivity index (χ1) is 11.7. The number of aliphatic hydroxyl groups is 1. The fraction of sp³-hybridized carbons (Fsp3) is 0.368. The van der Waals surface area contributed by atoms with E-state index >= 15 is 0 Å². The lowest BCUT2D eigenvalue weighted by Gasteiger charge is -2.26. The van der Waals surface area contributed by atoms with Crippen LogP contribution in [-0.2, 0) is 17.9 Å². The topological polar surface area (TPSA) is 50.7 Å². The number of hydrogen-bond acceptors (Lipinski definition) is 4. The van der Waals surface area contributed by atoms with Crippen LogP contribution < -0.4 is 10.1 Å². The number of ether oxygens (including phenoxy) is 2. The van der Waals surface area contributed by atoms with Crippen LogP contribution in [0, 0.1) is 0 Å². The van der Waals surface area contributed by atoms with Gasteiger partial charge in [0.25, 0.3) is 0 Å². The Bertz CT molecular complexity index is 671. The van der Waals surface area contributed by atoms with Crippen LogP contribution in [0.5, 0.6) is 5.75 Å². The lowest BCUT2D eigenvalue weighted by atomic mass is 9.99. The van der Waals surface area contributed by atoms with Gasteiger partial charge < -0.3 is 19.9 Å². The van der Waals surface area contributed by atoms with Crippen LogP contribution in [0.3, 0.4) is 0 Å². The van der Waals surface area contributed by atoms with Gasteiger partial charge in [-0.25, -0.2) is 0 Å². The third kappa shape index (κ3) is 4.28. The third-order valence-corrected chi connectivity index (χ3v) is 4.69. The average Bonchev–Trinajstić information content (AvgIpc) is 3.09. The van der Waals surface area contributed by atoms with Crippen LogP contribution in [0.15, 0.2) is 48.5 Å². The summed E-state index contributed by atoms with van der Waals surface area (Å²) in [5.41, 5.74) is 1.74. The molecule has 0 amide bonds. The second-order valence-electron chi connectivity index (χ2n) is 6.12. The van der Waals surface area contributed by atoms with E-state index < -0.39 is 0 Å². The highest BCUT2D eigenvalue weighted by atomic mass is 35.5. The number of aliphatic hydroxyl groups excluding tert-OH is 1. The maximum atomic E-state index is 9.61. The molecule has 0 spiro atoms. The molecule has 1 saturated heterocycles. The van der Waals surface area contributed by atoms with Crippen molar-refractivity contribution in [3.8, 4) is 5.75 Å². The van der Waals surface area contributed by atoms with Gasteiger partial charge in [-0.3, -0.25) is 0 Å². The molecule has 1 atom stereocenters. The van der Waals surface area contributed by atoms with Gasteiger partial charge in [-0.05, 0) is 30.2 Å². The summed E-state index contributed by atoms with van der Waals surface area (Å²) in [6.45, 7) is 2.41. The molecule has 0 aliphatic carbocycles. The van der Waals surface area contributed by atoms with Crippen molar-refractivity contribution in [1.82, 2.24) is 5.32 Å². The molecule has 2 aromatic carbocycles. The van der Waals surface area contributed by atoms with Gasteiger partial charge in [0, 0.05) is 23.7 Å². The van der Waals surface area contributed by atoms with E-state index in [0.717, 1.165) is 23.3 Å². The molecule has 0 radical (unpaired) electrons. The maximum Gasteiger partial charge on any atom is 0.120 e. The lowest BCUT2D eigenvalue weighted by molar-refractivity contribution is 0.120. The van der Waals surface area contributed by atoms with Gasteiger partial charge in [0.15, 0.2) is 0 Å². The summed E-state index contributed by atoms with van der Waals surface area (Å²) in [4.78, 5) is 0. The van der Waals surface area contributed by atoms with Crippen molar-refractivity contribution in [2.75, 3.05) is 19.8 Å². The monoisotopic (exact) mass is 347 g/mol. The van der Waals surface area contributed by atoms with Crippen LogP contribution >= 0.6 is 11.6 Å². The van der Waals surface area contributed by atoms with E-state index in [0.29, 0.717) is 31.4 Å². The molecule has 24 heavy (non-hydrogen) atoms. The zero-order valence-corrected chi connectivity index (χ0v) is 14.3. The van der Waals surface area contributed by atoms with Crippen molar-refractivity contribution in [1.29, 1.82) is 0 Å². The number of halogens is 1. The van der Waals surface area contributed by atoms with Gasteiger partial charge in [0.05, 0.1) is 18.8 Å². The van der Waals surface area contributed by atoms with E-state index in [2.05, 4.69) is 5.32 Å². The van der Waals surface area contributed by atoms with Crippen LogP contribution in [0.2, 0.25) is 5.02 Å². The Morgan fingerprint density at radius 2 is 2.08 bits per heavy atom. The van der Waals surface area contributed by atoms with Crippen molar-refractivity contribution in [2.45, 2.75) is 25.1 Å². The minimum Gasteiger partial charge on any atom is -0.489 e. The molecular weight excluding hydrogens is 326 g/mol. The van der Waals surface area contributed by atoms with Gasteiger partial charge in [0.2, 0.25) is 0 Å². The molecule has 128 valence electrons. The summed E-state index contributed by atoms with van der Waals surface area (Å²) in [6, 6.07) is 15.6. The van der Waals surface area contributed by atoms with Crippen molar-refractivity contribution in [2.24, 2.45) is 0 Å². The molecule has 1 aliphatic heterocycles. The molecule has 1 heterocycles. The van der Waals surface area contributed by atoms with Crippen LogP contribution in [0.1, 0.15) is 17.5 Å². The Morgan fingerprint density at radius 1 is 1.21 bits per heavy atom. The Labute approximate surface area is 147 Å². The SMILES string of the molecule is OCC1(NCc2cccc(OCc3ccccc3Cl)c2)CCOC1. The van der Waals surface area contributed by atoms with Gasteiger partial charge >= 0.3 is 0 Å². The summed E-state index contributed by atoms with van der Waals surface area (Å²) in [7, 11) is 0. The normalized spacial score (nSPS) is 20.2. The second-order valence-corrected chi connectivity index (χ2v) is 6.53. The standard InChI is InChI=1S/C19H22ClNO3/c20-18-7-2-1-5-16(18)12-24-17-6-3-4-15(10-17)11-21-19(13-22)8-9-23-14-19/h1-7,10,21-22H,8-9,11-14H2. The minimum absolute atomic E-state index is 0.0791. The Morgan fingerprint density at radius 3 is 2.83 bits per heavy atom. The molecule has 0 saturated carbocycles. The van der Waals surface area contributed by atoms with E-state index in [1.807, 2.05) is 48.5 Å². The number of hydrogen-bond donors (Lipinski definition) is 2. The molecule has 4 nitrogen and oxygen atoms in total. The van der Waals surface area contributed by atoms with Crippen LogP contribution in [-0.4, -0.2) is 30.5 Å². The number of nitrogens with one attached hydrogen (secondary N) is 1. The summed E-state index contributed by atoms with van der Waals surface area (Å²) in [5.74, 6) is 0.801. The van der Waals surface area contributed by atoms with E-state index in [4.69, 9.17) is 21.1 Å². The van der Waals surface area contributed by atoms with Crippen molar-refractivity contribution in [3.05, 3.63) is 64.7 Å². The van der Waals surface area contributed by atoms with E-state index in [1.54, 1.807) is 0 Å². The average molecular weight is 348 g/mol. The largest absolute Gasteiger partial charge is 0.489 e. The minimum atomic E-state index is -0.325. The first kappa shape index (κ1) is 17.2. The Balaban J connectivity index is 1.59. The molecule has 2 N–H and O–H groups in total. The molecule has 0 bridgehead atoms. The zero-order valence-electron chi connectivity index (χ0n) is 13.5. The number of benzene rings is 2. The molecule has 1 unspecified atom stereocenters. The number of rotatable bonds is 7. The summed E-state index contributed by atoms with van der Waals surface area (Å²) < 4.78 is 11.3. The molecule has 2 aromatic rings. The summed E-state index contributed by atoms with van der Waals surface area (Å²) in [6.07, 6.45) is 0.826. The predicted molar refractivity (Wildman–Crippen MR) is 94.3 cm³/mol. The Hall–Kier alpha value is -1.59. The maximum absolute atomic E-state index is 9.61. The highest BCUT2D eigenvalue weighted by Crippen LogP contribution is 2.21. The quantitative estimate of drug-likeness (QED) is 0.807. The highest BCUT2D eigenvalue weighted by Gasteiger charge is 2.33. The molecule has 3 rings (SSSR count). The third-order valence-electron chi connectivity index (χ3n) is 4.32. The Kier molecular flexibility index (Phi) is 5.74. The van der Waals surface area contributed by atoms with E-state index in [9.17, 15) is 5.11 Å². The van der Waals surface area contributed by atoms with Gasteiger partial charge in [-0.15, -0.1) is 0 Å². The smallest absolute Gasteiger partial charge is 0.120 e. The molecule has 0 aromatic heterocycles. The van der Waals surface area contributed by atoms with E-state index in [1.165, 1.54) is 0 Å². The van der Waals surface area contributed by atoms with Crippen molar-refractivity contribution in [3.63, 3.8) is 0 Å². The van der Waals surface area contributed by atoms with Crippen molar-refractivity contribution < 1.29 is 14.6 Å². The fourth-order valence-electron chi connectivity index (χ4n) is 2.74. The van der Waals surface area contributed by atoms with Crippen LogP contribution in [0.25, 0.3) is 0 Å². The first-order valence-corrected chi connectivity index (χ1v) is 8.47. The highest BCUT2D eigenvalue weighted by molar-refractivity contribution is 6.31. The van der Waals surface area contributed by atoms with Crippen molar-refractivity contribution >= 4 is 11.6 Å². The van der Waals surface area contributed by atoms with Gasteiger partial charge in [0.1, 0.15) is 12.4 Å². The predicted octanol–water partition coefficient (Wildman–Crippen LogP) is 3.16. The van der Waals surface area contributed by atoms with Crippen LogP contribution in [0.4, 0.5) is 0 Å². The molecule has 5 heteroatoms. The zero-order chi connectivity index (χ0) is 16.8.